The Labute approximate surface area is 296 Å². The van der Waals surface area contributed by atoms with Crippen molar-refractivity contribution in [3.05, 3.63) is 131 Å². The van der Waals surface area contributed by atoms with Crippen molar-refractivity contribution in [2.75, 3.05) is 0 Å². The van der Waals surface area contributed by atoms with Gasteiger partial charge in [-0.25, -0.2) is 9.67 Å². The first-order valence-electron chi connectivity index (χ1n) is 18.1. The summed E-state index contributed by atoms with van der Waals surface area (Å²) in [7, 11) is 0. The van der Waals surface area contributed by atoms with Crippen LogP contribution in [0, 0.1) is 26.7 Å². The molecular formula is C45H48N4O. The van der Waals surface area contributed by atoms with E-state index in [0.717, 1.165) is 57.8 Å². The standard InChI is InChI=1S/C45H48N4O/c1-8-34-24-37(49-33(7)45(32(6)47-49)35-15-10-9-11-16-35)27-39(25-34)50-38-18-19-40-41-26-36(31(5)14-12-13-29(2)3)17-20-42(41)48(43(40)28-38)44-23-30(4)21-22-46-44/h9-11,15-29,31H,8,12-14H2,1-7H3. The third-order valence-electron chi connectivity index (χ3n) is 10.1. The van der Waals surface area contributed by atoms with Gasteiger partial charge in [0.1, 0.15) is 17.3 Å². The highest BCUT2D eigenvalue weighted by molar-refractivity contribution is 6.09. The predicted octanol–water partition coefficient (Wildman–Crippen LogP) is 12.2. The van der Waals surface area contributed by atoms with Crippen LogP contribution in [0.3, 0.4) is 0 Å². The first kappa shape index (κ1) is 33.3. The molecule has 1 atom stereocenters. The van der Waals surface area contributed by atoms with Gasteiger partial charge in [0, 0.05) is 40.4 Å². The monoisotopic (exact) mass is 660 g/mol. The van der Waals surface area contributed by atoms with E-state index in [1.54, 1.807) is 0 Å². The van der Waals surface area contributed by atoms with Crippen LogP contribution in [0.5, 0.6) is 11.5 Å². The molecule has 0 aliphatic carbocycles. The van der Waals surface area contributed by atoms with Crippen LogP contribution in [0.1, 0.15) is 81.0 Å². The van der Waals surface area contributed by atoms with Crippen molar-refractivity contribution in [2.45, 2.75) is 80.1 Å². The topological polar surface area (TPSA) is 44.9 Å². The van der Waals surface area contributed by atoms with Crippen LogP contribution in [0.25, 0.3) is 44.4 Å². The zero-order valence-electron chi connectivity index (χ0n) is 30.5. The number of rotatable bonds is 11. The van der Waals surface area contributed by atoms with E-state index in [0.29, 0.717) is 5.92 Å². The second-order valence-corrected chi connectivity index (χ2v) is 14.3. The van der Waals surface area contributed by atoms with Gasteiger partial charge in [-0.2, -0.15) is 5.10 Å². The van der Waals surface area contributed by atoms with Gasteiger partial charge in [-0.05, 0) is 116 Å². The van der Waals surface area contributed by atoms with Crippen molar-refractivity contribution >= 4 is 21.8 Å². The summed E-state index contributed by atoms with van der Waals surface area (Å²) in [4.78, 5) is 4.83. The van der Waals surface area contributed by atoms with Crippen molar-refractivity contribution in [2.24, 2.45) is 5.92 Å². The summed E-state index contributed by atoms with van der Waals surface area (Å²) in [6.07, 6.45) is 6.50. The molecule has 3 aromatic heterocycles. The van der Waals surface area contributed by atoms with Crippen LogP contribution >= 0.6 is 0 Å². The Hall–Kier alpha value is -5.16. The maximum atomic E-state index is 6.71. The van der Waals surface area contributed by atoms with Crippen molar-refractivity contribution < 1.29 is 4.74 Å². The van der Waals surface area contributed by atoms with E-state index < -0.39 is 0 Å². The summed E-state index contributed by atoms with van der Waals surface area (Å²) < 4.78 is 11.0. The van der Waals surface area contributed by atoms with Crippen molar-refractivity contribution in [3.8, 4) is 34.1 Å². The van der Waals surface area contributed by atoms with Crippen molar-refractivity contribution in [3.63, 3.8) is 0 Å². The Morgan fingerprint density at radius 3 is 2.32 bits per heavy atom. The van der Waals surface area contributed by atoms with Gasteiger partial charge in [-0.15, -0.1) is 0 Å². The molecule has 0 bridgehead atoms. The number of aromatic nitrogens is 4. The predicted molar refractivity (Wildman–Crippen MR) is 208 cm³/mol. The summed E-state index contributed by atoms with van der Waals surface area (Å²) in [6.45, 7) is 15.5. The zero-order valence-corrected chi connectivity index (χ0v) is 30.5. The molecule has 0 saturated carbocycles. The molecule has 5 nitrogen and oxygen atoms in total. The first-order valence-corrected chi connectivity index (χ1v) is 18.1. The maximum Gasteiger partial charge on any atom is 0.137 e. The largest absolute Gasteiger partial charge is 0.457 e. The highest BCUT2D eigenvalue weighted by atomic mass is 16.5. The number of benzene rings is 4. The Morgan fingerprint density at radius 1 is 0.740 bits per heavy atom. The van der Waals surface area contributed by atoms with E-state index in [1.165, 1.54) is 57.9 Å². The lowest BCUT2D eigenvalue weighted by Crippen LogP contribution is -2.01. The van der Waals surface area contributed by atoms with Crippen LogP contribution < -0.4 is 4.74 Å². The molecular weight excluding hydrogens is 613 g/mol. The molecule has 50 heavy (non-hydrogen) atoms. The molecule has 3 heterocycles. The molecule has 5 heteroatoms. The second kappa shape index (κ2) is 14.0. The lowest BCUT2D eigenvalue weighted by atomic mass is 9.92. The van der Waals surface area contributed by atoms with Crippen molar-refractivity contribution in [1.82, 2.24) is 19.3 Å². The number of hydrogen-bond acceptors (Lipinski definition) is 3. The molecule has 0 fully saturated rings. The highest BCUT2D eigenvalue weighted by Gasteiger charge is 2.19. The number of hydrogen-bond donors (Lipinski definition) is 0. The molecule has 1 unspecified atom stereocenters. The molecule has 7 rings (SSSR count). The van der Waals surface area contributed by atoms with E-state index in [4.69, 9.17) is 14.8 Å². The summed E-state index contributed by atoms with van der Waals surface area (Å²) in [6, 6.07) is 34.6. The van der Waals surface area contributed by atoms with Gasteiger partial charge in [0.2, 0.25) is 0 Å². The van der Waals surface area contributed by atoms with Crippen LogP contribution in [0.4, 0.5) is 0 Å². The molecule has 0 aliphatic heterocycles. The minimum absolute atomic E-state index is 0.502. The molecule has 0 radical (unpaired) electrons. The average Bonchev–Trinajstić information content (AvgIpc) is 3.60. The molecule has 254 valence electrons. The Balaban J connectivity index is 1.29. The molecule has 0 saturated heterocycles. The second-order valence-electron chi connectivity index (χ2n) is 14.3. The summed E-state index contributed by atoms with van der Waals surface area (Å²) >= 11 is 0. The molecule has 0 aliphatic rings. The first-order chi connectivity index (χ1) is 24.2. The maximum absolute atomic E-state index is 6.71. The van der Waals surface area contributed by atoms with Gasteiger partial charge in [0.05, 0.1) is 22.4 Å². The number of nitrogens with zero attached hydrogens (tertiary/aromatic N) is 4. The lowest BCUT2D eigenvalue weighted by Gasteiger charge is -2.13. The van der Waals surface area contributed by atoms with E-state index >= 15 is 0 Å². The Kier molecular flexibility index (Phi) is 9.33. The van der Waals surface area contributed by atoms with Crippen molar-refractivity contribution in [1.29, 1.82) is 0 Å². The van der Waals surface area contributed by atoms with Gasteiger partial charge in [-0.3, -0.25) is 4.57 Å². The SMILES string of the molecule is CCc1cc(Oc2ccc3c4cc(C(C)CCCC(C)C)ccc4n(-c4cc(C)ccn4)c3c2)cc(-n2nc(C)c(-c3ccccc3)c2C)c1. The Morgan fingerprint density at radius 2 is 1.56 bits per heavy atom. The average molecular weight is 661 g/mol. The molecule has 4 aromatic carbocycles. The minimum atomic E-state index is 0.502. The molecule has 0 N–H and O–H groups in total. The van der Waals surface area contributed by atoms with Crippen LogP contribution in [0.2, 0.25) is 0 Å². The molecule has 0 spiro atoms. The quantitative estimate of drug-likeness (QED) is 0.139. The van der Waals surface area contributed by atoms with E-state index in [-0.39, 0.29) is 0 Å². The van der Waals surface area contributed by atoms with E-state index in [2.05, 4.69) is 149 Å². The summed E-state index contributed by atoms with van der Waals surface area (Å²) in [5.74, 6) is 3.73. The normalized spacial score (nSPS) is 12.3. The van der Waals surface area contributed by atoms with Gasteiger partial charge < -0.3 is 4.74 Å². The van der Waals surface area contributed by atoms with Crippen LogP contribution in [-0.4, -0.2) is 19.3 Å². The fourth-order valence-corrected chi connectivity index (χ4v) is 7.36. The Bertz CT molecular complexity index is 2290. The minimum Gasteiger partial charge on any atom is -0.457 e. The number of aryl methyl sites for hydroxylation is 3. The number of ether oxygens (including phenoxy) is 1. The fraction of sp³-hybridized carbons (Fsp3) is 0.289. The summed E-state index contributed by atoms with van der Waals surface area (Å²) in [5, 5.41) is 7.44. The number of fused-ring (bicyclic) bond motifs is 3. The molecule has 7 aromatic rings. The van der Waals surface area contributed by atoms with Gasteiger partial charge in [-0.1, -0.05) is 76.9 Å². The fourth-order valence-electron chi connectivity index (χ4n) is 7.36. The lowest BCUT2D eigenvalue weighted by molar-refractivity contribution is 0.482. The van der Waals surface area contributed by atoms with Gasteiger partial charge in [0.25, 0.3) is 0 Å². The van der Waals surface area contributed by atoms with Gasteiger partial charge >= 0.3 is 0 Å². The van der Waals surface area contributed by atoms with E-state index in [1.807, 2.05) is 12.3 Å². The molecule has 0 amide bonds. The third-order valence-corrected chi connectivity index (χ3v) is 10.1. The van der Waals surface area contributed by atoms with E-state index in [9.17, 15) is 0 Å². The van der Waals surface area contributed by atoms with Crippen LogP contribution in [-0.2, 0) is 6.42 Å². The highest BCUT2D eigenvalue weighted by Crippen LogP contribution is 2.38. The van der Waals surface area contributed by atoms with Crippen LogP contribution in [0.15, 0.2) is 103 Å². The zero-order chi connectivity index (χ0) is 34.9. The van der Waals surface area contributed by atoms with Gasteiger partial charge in [0.15, 0.2) is 0 Å². The smallest absolute Gasteiger partial charge is 0.137 e. The third kappa shape index (κ3) is 6.57. The summed E-state index contributed by atoms with van der Waals surface area (Å²) in [5.41, 5.74) is 11.5. The number of pyridine rings is 1.